The maximum atomic E-state index is 8.41. The van der Waals surface area contributed by atoms with Crippen LogP contribution in [0.5, 0.6) is 0 Å². The molecule has 0 atom stereocenters. The standard InChI is InChI=1S/C13H18/c1-10-7-8-13(9-11(10)2)12-5-3-4-6-12/h7-9,12H,3-6H2,1-2H3/i2D3,12D. The summed E-state index contributed by atoms with van der Waals surface area (Å²) in [6, 6.07) is 5.48. The molecule has 0 radical (unpaired) electrons. The van der Waals surface area contributed by atoms with Gasteiger partial charge in [-0.05, 0) is 49.2 Å². The Morgan fingerprint density at radius 3 is 2.77 bits per heavy atom. The van der Waals surface area contributed by atoms with Gasteiger partial charge >= 0.3 is 0 Å². The van der Waals surface area contributed by atoms with Gasteiger partial charge in [0.2, 0.25) is 0 Å². The van der Waals surface area contributed by atoms with Crippen molar-refractivity contribution in [2.75, 3.05) is 0 Å². The Balaban J connectivity index is 2.44. The van der Waals surface area contributed by atoms with Crippen molar-refractivity contribution in [3.8, 4) is 0 Å². The van der Waals surface area contributed by atoms with E-state index in [0.717, 1.165) is 36.8 Å². The molecule has 0 nitrogen and oxygen atoms in total. The molecule has 1 aromatic rings. The van der Waals surface area contributed by atoms with E-state index in [9.17, 15) is 0 Å². The molecule has 1 aliphatic rings. The summed E-state index contributed by atoms with van der Waals surface area (Å²) in [4.78, 5) is 0. The van der Waals surface area contributed by atoms with E-state index in [1.54, 1.807) is 6.07 Å². The average molecular weight is 178 g/mol. The van der Waals surface area contributed by atoms with E-state index < -0.39 is 12.7 Å². The summed E-state index contributed by atoms with van der Waals surface area (Å²) in [5.41, 5.74) is 2.05. The second-order valence-electron chi connectivity index (χ2n) is 3.84. The Bertz CT molecular complexity index is 414. The Hall–Kier alpha value is -0.780. The zero-order chi connectivity index (χ0) is 12.7. The lowest BCUT2D eigenvalue weighted by molar-refractivity contribution is 0.722. The van der Waals surface area contributed by atoms with Gasteiger partial charge < -0.3 is 0 Å². The van der Waals surface area contributed by atoms with Gasteiger partial charge in [-0.25, -0.2) is 0 Å². The lowest BCUT2D eigenvalue weighted by Gasteiger charge is -2.11. The second kappa shape index (κ2) is 3.53. The molecular weight excluding hydrogens is 156 g/mol. The van der Waals surface area contributed by atoms with E-state index >= 15 is 0 Å². The van der Waals surface area contributed by atoms with Gasteiger partial charge in [0.25, 0.3) is 0 Å². The van der Waals surface area contributed by atoms with Crippen LogP contribution in [-0.2, 0) is 0 Å². The van der Waals surface area contributed by atoms with Gasteiger partial charge in [0, 0.05) is 5.48 Å². The van der Waals surface area contributed by atoms with Crippen molar-refractivity contribution in [1.29, 1.82) is 0 Å². The third-order valence-electron chi connectivity index (χ3n) is 2.85. The van der Waals surface area contributed by atoms with Crippen molar-refractivity contribution in [1.82, 2.24) is 0 Å². The van der Waals surface area contributed by atoms with E-state index in [1.165, 1.54) is 0 Å². The number of rotatable bonds is 1. The number of benzene rings is 1. The molecule has 1 fully saturated rings. The zero-order valence-corrected chi connectivity index (χ0v) is 8.06. The van der Waals surface area contributed by atoms with Crippen LogP contribution >= 0.6 is 0 Å². The molecule has 2 rings (SSSR count). The second-order valence-corrected chi connectivity index (χ2v) is 3.84. The highest BCUT2D eigenvalue weighted by Crippen LogP contribution is 2.34. The molecule has 1 saturated carbocycles. The fourth-order valence-electron chi connectivity index (χ4n) is 1.93. The predicted octanol–water partition coefficient (Wildman–Crippen LogP) is 3.96. The molecule has 0 N–H and O–H groups in total. The SMILES string of the molecule is [2H]C([2H])([2H])c1cc(C2([2H])CCCC2)ccc1C. The summed E-state index contributed by atoms with van der Waals surface area (Å²) in [7, 11) is 0. The lowest BCUT2D eigenvalue weighted by Crippen LogP contribution is -1.93. The van der Waals surface area contributed by atoms with E-state index in [0.29, 0.717) is 5.56 Å². The molecule has 0 saturated heterocycles. The molecule has 13 heavy (non-hydrogen) atoms. The molecule has 0 unspecified atom stereocenters. The summed E-state index contributed by atoms with van der Waals surface area (Å²) in [6.07, 6.45) is 3.83. The van der Waals surface area contributed by atoms with Crippen LogP contribution in [0.1, 0.15) is 53.8 Å². The van der Waals surface area contributed by atoms with Gasteiger partial charge in [0.15, 0.2) is 0 Å². The van der Waals surface area contributed by atoms with Crippen molar-refractivity contribution in [2.24, 2.45) is 0 Å². The van der Waals surface area contributed by atoms with Crippen LogP contribution in [0.15, 0.2) is 18.2 Å². The first kappa shape index (κ1) is 5.19. The molecule has 0 spiro atoms. The summed E-state index contributed by atoms with van der Waals surface area (Å²) in [6.45, 7) is -0.258. The average Bonchev–Trinajstić information content (AvgIpc) is 2.65. The Labute approximate surface area is 86.6 Å². The summed E-state index contributed by atoms with van der Waals surface area (Å²) in [5, 5.41) is 0. The van der Waals surface area contributed by atoms with Gasteiger partial charge in [-0.15, -0.1) is 0 Å². The molecule has 0 amide bonds. The Kier molecular flexibility index (Phi) is 1.41. The van der Waals surface area contributed by atoms with Crippen molar-refractivity contribution < 1.29 is 5.48 Å². The first-order valence-corrected chi connectivity index (χ1v) is 4.95. The maximum absolute atomic E-state index is 8.41. The fourth-order valence-corrected chi connectivity index (χ4v) is 1.93. The number of hydrogen-bond donors (Lipinski definition) is 0. The van der Waals surface area contributed by atoms with Crippen LogP contribution in [0.25, 0.3) is 0 Å². The topological polar surface area (TPSA) is 0 Å². The molecule has 0 heteroatoms. The Morgan fingerprint density at radius 2 is 2.08 bits per heavy atom. The molecular formula is C13H18. The van der Waals surface area contributed by atoms with Gasteiger partial charge in [-0.2, -0.15) is 0 Å². The smallest absolute Gasteiger partial charge is 0.0352 e. The van der Waals surface area contributed by atoms with E-state index in [1.807, 2.05) is 19.1 Å². The molecule has 0 aliphatic heterocycles. The monoisotopic (exact) mass is 178 g/mol. The molecule has 0 aromatic heterocycles. The van der Waals surface area contributed by atoms with Crippen LogP contribution in [0.2, 0.25) is 0 Å². The molecule has 70 valence electrons. The minimum absolute atomic E-state index is 0.397. The van der Waals surface area contributed by atoms with Gasteiger partial charge in [0.1, 0.15) is 0 Å². The molecule has 0 bridgehead atoms. The van der Waals surface area contributed by atoms with Crippen molar-refractivity contribution in [3.05, 3.63) is 34.9 Å². The fraction of sp³-hybridized carbons (Fsp3) is 0.538. The predicted molar refractivity (Wildman–Crippen MR) is 57.1 cm³/mol. The summed E-state index contributed by atoms with van der Waals surface area (Å²) < 4.78 is 31.0. The third-order valence-corrected chi connectivity index (χ3v) is 2.85. The van der Waals surface area contributed by atoms with Crippen LogP contribution in [0.4, 0.5) is 0 Å². The highest BCUT2D eigenvalue weighted by Gasteiger charge is 2.16. The van der Waals surface area contributed by atoms with Crippen LogP contribution in [-0.4, -0.2) is 0 Å². The van der Waals surface area contributed by atoms with Gasteiger partial charge in [-0.3, -0.25) is 0 Å². The van der Waals surface area contributed by atoms with Crippen molar-refractivity contribution >= 4 is 0 Å². The minimum atomic E-state index is -2.07. The van der Waals surface area contributed by atoms with E-state index in [4.69, 9.17) is 5.48 Å². The quantitative estimate of drug-likeness (QED) is 0.610. The van der Waals surface area contributed by atoms with Crippen LogP contribution in [0.3, 0.4) is 0 Å². The minimum Gasteiger partial charge on any atom is -0.0588 e. The zero-order valence-electron chi connectivity index (χ0n) is 12.1. The largest absolute Gasteiger partial charge is 0.0588 e. The number of hydrogen-bond acceptors (Lipinski definition) is 0. The highest BCUT2D eigenvalue weighted by molar-refractivity contribution is 5.32. The molecule has 0 heterocycles. The van der Waals surface area contributed by atoms with E-state index in [-0.39, 0.29) is 0 Å². The van der Waals surface area contributed by atoms with Crippen molar-refractivity contribution in [3.63, 3.8) is 0 Å². The van der Waals surface area contributed by atoms with E-state index in [2.05, 4.69) is 0 Å². The Morgan fingerprint density at radius 1 is 1.31 bits per heavy atom. The first-order valence-electron chi connectivity index (χ1n) is 6.95. The number of aryl methyl sites for hydroxylation is 2. The highest BCUT2D eigenvalue weighted by atomic mass is 14.2. The van der Waals surface area contributed by atoms with Crippen LogP contribution < -0.4 is 0 Å². The van der Waals surface area contributed by atoms with Crippen molar-refractivity contribution in [2.45, 2.75) is 45.4 Å². The van der Waals surface area contributed by atoms with Crippen LogP contribution in [0, 0.1) is 13.8 Å². The lowest BCUT2D eigenvalue weighted by atomic mass is 9.94. The first-order chi connectivity index (χ1) is 7.83. The molecule has 1 aliphatic carbocycles. The molecule has 1 aromatic carbocycles. The van der Waals surface area contributed by atoms with Gasteiger partial charge in [-0.1, -0.05) is 31.0 Å². The third kappa shape index (κ3) is 1.77. The maximum Gasteiger partial charge on any atom is 0.0352 e. The van der Waals surface area contributed by atoms with Gasteiger partial charge in [0.05, 0.1) is 0 Å². The normalized spacial score (nSPS) is 25.9. The summed E-state index contributed by atoms with van der Waals surface area (Å²) >= 11 is 0. The summed E-state index contributed by atoms with van der Waals surface area (Å²) in [5.74, 6) is -0.562.